The molecule has 0 spiro atoms. The molecule has 0 aliphatic carbocycles. The normalized spacial score (nSPS) is 11.4. The molecule has 9 heteroatoms. The first kappa shape index (κ1) is 29.2. The van der Waals surface area contributed by atoms with Gasteiger partial charge in [0.25, 0.3) is 0 Å². The Balaban J connectivity index is 1.54. The van der Waals surface area contributed by atoms with E-state index in [9.17, 15) is 13.2 Å². The minimum absolute atomic E-state index is 0.127. The average Bonchev–Trinajstić information content (AvgIpc) is 3.48. The van der Waals surface area contributed by atoms with Crippen molar-refractivity contribution in [2.45, 2.75) is 0 Å². The van der Waals surface area contributed by atoms with Gasteiger partial charge in [-0.1, -0.05) is 109 Å². The van der Waals surface area contributed by atoms with Crippen molar-refractivity contribution >= 4 is 21.8 Å². The summed E-state index contributed by atoms with van der Waals surface area (Å²) in [7, 11) is 0. The third-order valence-corrected chi connectivity index (χ3v) is 8.26. The summed E-state index contributed by atoms with van der Waals surface area (Å²) in [6.45, 7) is 0. The van der Waals surface area contributed by atoms with E-state index in [0.717, 1.165) is 10.8 Å². The molecule has 48 heavy (non-hydrogen) atoms. The molecule has 0 fully saturated rings. The minimum atomic E-state index is -2.24. The fraction of sp³-hybridized carbons (Fsp3) is 0. The third kappa shape index (κ3) is 4.62. The maximum absolute atomic E-state index is 15.7. The van der Waals surface area contributed by atoms with Crippen LogP contribution < -0.4 is 0 Å². The molecule has 0 saturated heterocycles. The lowest BCUT2D eigenvalue weighted by Gasteiger charge is -2.20. The fourth-order valence-electron chi connectivity index (χ4n) is 6.10. The van der Waals surface area contributed by atoms with Crippen molar-refractivity contribution in [3.63, 3.8) is 0 Å². The Morgan fingerprint density at radius 3 is 1.31 bits per heavy atom. The van der Waals surface area contributed by atoms with Gasteiger partial charge in [0, 0.05) is 33.0 Å². The van der Waals surface area contributed by atoms with E-state index in [1.54, 1.807) is 10.6 Å². The van der Waals surface area contributed by atoms with Crippen LogP contribution >= 0.6 is 0 Å². The zero-order chi connectivity index (χ0) is 32.9. The lowest BCUT2D eigenvalue weighted by molar-refractivity contribution is 0.381. The Kier molecular flexibility index (Phi) is 7.02. The summed E-state index contributed by atoms with van der Waals surface area (Å²) < 4.78 is 76.9. The van der Waals surface area contributed by atoms with Crippen LogP contribution in [0.3, 0.4) is 0 Å². The number of benzene rings is 6. The zero-order valence-corrected chi connectivity index (χ0v) is 24.8. The van der Waals surface area contributed by atoms with Crippen LogP contribution in [0.4, 0.5) is 22.0 Å². The zero-order valence-electron chi connectivity index (χ0n) is 24.8. The van der Waals surface area contributed by atoms with Crippen molar-refractivity contribution in [2.75, 3.05) is 0 Å². The molecule has 0 amide bonds. The maximum atomic E-state index is 15.7. The number of halogens is 5. The van der Waals surface area contributed by atoms with Crippen LogP contribution in [0.5, 0.6) is 0 Å². The van der Waals surface area contributed by atoms with Gasteiger partial charge < -0.3 is 4.57 Å². The second-order valence-electron chi connectivity index (χ2n) is 11.1. The van der Waals surface area contributed by atoms with Gasteiger partial charge in [-0.15, -0.1) is 0 Å². The molecule has 0 aliphatic rings. The van der Waals surface area contributed by atoms with Crippen LogP contribution in [-0.4, -0.2) is 19.5 Å². The van der Waals surface area contributed by atoms with Crippen molar-refractivity contribution in [3.05, 3.63) is 156 Å². The number of hydrogen-bond acceptors (Lipinski definition) is 3. The molecule has 0 atom stereocenters. The number of rotatable bonds is 5. The summed E-state index contributed by atoms with van der Waals surface area (Å²) in [5.74, 6) is -9.43. The van der Waals surface area contributed by atoms with E-state index in [0.29, 0.717) is 33.8 Å². The van der Waals surface area contributed by atoms with Gasteiger partial charge in [-0.05, 0) is 18.2 Å². The molecule has 0 radical (unpaired) electrons. The highest BCUT2D eigenvalue weighted by atomic mass is 19.2. The number of para-hydroxylation sites is 3. The van der Waals surface area contributed by atoms with E-state index in [1.807, 2.05) is 109 Å². The van der Waals surface area contributed by atoms with Gasteiger partial charge in [0.15, 0.2) is 40.7 Å². The van der Waals surface area contributed by atoms with Crippen molar-refractivity contribution in [1.29, 1.82) is 0 Å². The lowest BCUT2D eigenvalue weighted by atomic mass is 9.97. The van der Waals surface area contributed by atoms with Crippen LogP contribution in [0.25, 0.3) is 72.8 Å². The van der Waals surface area contributed by atoms with E-state index in [4.69, 9.17) is 15.0 Å². The quantitative estimate of drug-likeness (QED) is 0.107. The first-order valence-corrected chi connectivity index (χ1v) is 14.9. The third-order valence-electron chi connectivity index (χ3n) is 8.26. The summed E-state index contributed by atoms with van der Waals surface area (Å²) in [5.41, 5.74) is 1.75. The molecule has 4 nitrogen and oxygen atoms in total. The topological polar surface area (TPSA) is 43.6 Å². The SMILES string of the molecule is Fc1c(F)c(F)c(-c2cccc(-c3nc(-c4ccccc4)nc(-c4ccccc4)n3)c2-n2c3ccccc3c3ccccc32)c(F)c1F. The summed E-state index contributed by atoms with van der Waals surface area (Å²) in [6, 6.07) is 37.7. The Morgan fingerprint density at radius 2 is 0.792 bits per heavy atom. The van der Waals surface area contributed by atoms with Crippen molar-refractivity contribution in [2.24, 2.45) is 0 Å². The molecule has 0 N–H and O–H groups in total. The van der Waals surface area contributed by atoms with E-state index in [-0.39, 0.29) is 22.6 Å². The van der Waals surface area contributed by atoms with Crippen molar-refractivity contribution in [3.8, 4) is 51.0 Å². The molecule has 2 heterocycles. The van der Waals surface area contributed by atoms with Crippen LogP contribution in [0.2, 0.25) is 0 Å². The van der Waals surface area contributed by atoms with Gasteiger partial charge in [-0.3, -0.25) is 0 Å². The smallest absolute Gasteiger partial charge is 0.200 e. The molecule has 0 aliphatic heterocycles. The average molecular weight is 641 g/mol. The van der Waals surface area contributed by atoms with Crippen LogP contribution in [0.15, 0.2) is 127 Å². The second-order valence-corrected chi connectivity index (χ2v) is 11.1. The minimum Gasteiger partial charge on any atom is -0.308 e. The summed E-state index contributed by atoms with van der Waals surface area (Å²) in [6.07, 6.45) is 0. The molecule has 8 rings (SSSR count). The van der Waals surface area contributed by atoms with Gasteiger partial charge in [-0.25, -0.2) is 36.9 Å². The largest absolute Gasteiger partial charge is 0.308 e. The monoisotopic (exact) mass is 640 g/mol. The molecule has 232 valence electrons. The number of nitrogens with zero attached hydrogens (tertiary/aromatic N) is 4. The van der Waals surface area contributed by atoms with E-state index in [1.165, 1.54) is 12.1 Å². The van der Waals surface area contributed by atoms with Gasteiger partial charge in [0.05, 0.1) is 22.3 Å². The number of fused-ring (bicyclic) bond motifs is 3. The highest BCUT2D eigenvalue weighted by Gasteiger charge is 2.30. The van der Waals surface area contributed by atoms with E-state index >= 15 is 8.78 Å². The van der Waals surface area contributed by atoms with E-state index < -0.39 is 34.6 Å². The molecule has 0 bridgehead atoms. The van der Waals surface area contributed by atoms with Crippen LogP contribution in [0, 0.1) is 29.1 Å². The summed E-state index contributed by atoms with van der Waals surface area (Å²) >= 11 is 0. The first-order chi connectivity index (χ1) is 23.4. The highest BCUT2D eigenvalue weighted by Crippen LogP contribution is 2.43. The molecule has 8 aromatic rings. The van der Waals surface area contributed by atoms with Crippen LogP contribution in [-0.2, 0) is 0 Å². The molecule has 0 unspecified atom stereocenters. The summed E-state index contributed by atoms with van der Waals surface area (Å²) in [4.78, 5) is 14.4. The van der Waals surface area contributed by atoms with Gasteiger partial charge in [-0.2, -0.15) is 0 Å². The predicted molar refractivity (Wildman–Crippen MR) is 176 cm³/mol. The maximum Gasteiger partial charge on any atom is 0.200 e. The number of hydrogen-bond donors (Lipinski definition) is 0. The Bertz CT molecular complexity index is 2370. The molecule has 0 saturated carbocycles. The molecule has 6 aromatic carbocycles. The standard InChI is InChI=1S/C39H21F5N4/c40-31-30(32(41)34(43)35(44)33(31)42)26-18-11-19-27(36(26)48-28-20-9-7-16-24(28)25-17-8-10-21-29(25)48)39-46-37(22-12-3-1-4-13-22)45-38(47-39)23-14-5-2-6-15-23/h1-21H. The van der Waals surface area contributed by atoms with Gasteiger partial charge >= 0.3 is 0 Å². The fourth-order valence-corrected chi connectivity index (χ4v) is 6.10. The number of aromatic nitrogens is 4. The van der Waals surface area contributed by atoms with Crippen molar-refractivity contribution in [1.82, 2.24) is 19.5 Å². The van der Waals surface area contributed by atoms with Crippen LogP contribution in [0.1, 0.15) is 0 Å². The van der Waals surface area contributed by atoms with Gasteiger partial charge in [0.1, 0.15) is 0 Å². The predicted octanol–water partition coefficient (Wildman–Crippen LogP) is 10.3. The highest BCUT2D eigenvalue weighted by molar-refractivity contribution is 6.10. The van der Waals surface area contributed by atoms with Crippen molar-refractivity contribution < 1.29 is 22.0 Å². The Morgan fingerprint density at radius 1 is 0.375 bits per heavy atom. The molecular formula is C39H21F5N4. The summed E-state index contributed by atoms with van der Waals surface area (Å²) in [5, 5.41) is 1.63. The lowest BCUT2D eigenvalue weighted by Crippen LogP contribution is -2.08. The van der Waals surface area contributed by atoms with E-state index in [2.05, 4.69) is 0 Å². The molecular weight excluding hydrogens is 619 g/mol. The Labute approximate surface area is 270 Å². The first-order valence-electron chi connectivity index (χ1n) is 14.9. The Hall–Kier alpha value is -6.22. The molecule has 2 aromatic heterocycles. The van der Waals surface area contributed by atoms with Gasteiger partial charge in [0.2, 0.25) is 5.82 Å². The second kappa shape index (κ2) is 11.5.